The fraction of sp³-hybridized carbons (Fsp3) is 0.625. The third kappa shape index (κ3) is 3.45. The summed E-state index contributed by atoms with van der Waals surface area (Å²) in [6, 6.07) is 8.03. The molecule has 38 heavy (non-hydrogen) atoms. The van der Waals surface area contributed by atoms with Gasteiger partial charge in [0, 0.05) is 18.0 Å². The maximum Gasteiger partial charge on any atom is 0.164 e. The van der Waals surface area contributed by atoms with Crippen molar-refractivity contribution in [2.45, 2.75) is 84.8 Å². The Kier molecular flexibility index (Phi) is 5.97. The molecular formula is C32H42N2O4. The van der Waals surface area contributed by atoms with Gasteiger partial charge in [0.1, 0.15) is 11.4 Å². The van der Waals surface area contributed by atoms with E-state index in [1.165, 1.54) is 11.1 Å². The number of ketones is 1. The average molecular weight is 519 g/mol. The van der Waals surface area contributed by atoms with Gasteiger partial charge in [0.25, 0.3) is 0 Å². The van der Waals surface area contributed by atoms with Crippen LogP contribution in [0.1, 0.15) is 78.0 Å². The highest BCUT2D eigenvalue weighted by molar-refractivity contribution is 5.88. The summed E-state index contributed by atoms with van der Waals surface area (Å²) in [7, 11) is 0. The molecule has 4 aliphatic carbocycles. The van der Waals surface area contributed by atoms with Crippen molar-refractivity contribution >= 4 is 11.9 Å². The van der Waals surface area contributed by atoms with E-state index in [0.717, 1.165) is 36.4 Å². The van der Waals surface area contributed by atoms with Gasteiger partial charge in [-0.2, -0.15) is 5.10 Å². The first kappa shape index (κ1) is 25.8. The SMILES string of the molecule is CCOc1ccc(-n2cc3c(n2)C=C2[C@@H](C)C[C@@H]4[C@H]([C@@H](O)C[C@@]5(C)[C@H]4CC[C@]5(O)C(=O)CC)[C@@]2(C)C3)cc1. The number of aliphatic hydroxyl groups is 2. The maximum absolute atomic E-state index is 13.0. The van der Waals surface area contributed by atoms with Crippen LogP contribution in [0.5, 0.6) is 5.75 Å². The molecule has 2 aromatic rings. The first-order chi connectivity index (χ1) is 18.1. The van der Waals surface area contributed by atoms with Gasteiger partial charge < -0.3 is 14.9 Å². The Bertz CT molecular complexity index is 1280. The predicted molar refractivity (Wildman–Crippen MR) is 147 cm³/mol. The number of nitrogens with zero attached hydrogens (tertiary/aromatic N) is 2. The molecule has 1 aromatic carbocycles. The van der Waals surface area contributed by atoms with Crippen LogP contribution in [0.2, 0.25) is 0 Å². The number of benzene rings is 1. The number of rotatable bonds is 5. The molecule has 3 fully saturated rings. The molecule has 0 bridgehead atoms. The molecule has 6 rings (SSSR count). The summed E-state index contributed by atoms with van der Waals surface area (Å²) in [5, 5.41) is 28.4. The second-order valence-corrected chi connectivity index (χ2v) is 12.9. The summed E-state index contributed by atoms with van der Waals surface area (Å²) in [6.07, 6.45) is 7.90. The topological polar surface area (TPSA) is 84.6 Å². The zero-order valence-electron chi connectivity index (χ0n) is 23.4. The minimum absolute atomic E-state index is 0.0622. The van der Waals surface area contributed by atoms with Gasteiger partial charge in [0.2, 0.25) is 0 Å². The molecule has 204 valence electrons. The lowest BCUT2D eigenvalue weighted by molar-refractivity contribution is -0.181. The third-order valence-electron chi connectivity index (χ3n) is 11.0. The first-order valence-electron chi connectivity index (χ1n) is 14.5. The molecule has 1 aromatic heterocycles. The number of ether oxygens (including phenoxy) is 1. The molecular weight excluding hydrogens is 476 g/mol. The summed E-state index contributed by atoms with van der Waals surface area (Å²) in [5.74, 6) is 1.77. The van der Waals surface area contributed by atoms with Crippen LogP contribution in [0.15, 0.2) is 36.0 Å². The maximum atomic E-state index is 13.0. The van der Waals surface area contributed by atoms with Crippen LogP contribution in [0.25, 0.3) is 11.8 Å². The van der Waals surface area contributed by atoms with Gasteiger partial charge >= 0.3 is 0 Å². The largest absolute Gasteiger partial charge is 0.494 e. The van der Waals surface area contributed by atoms with E-state index in [-0.39, 0.29) is 29.0 Å². The van der Waals surface area contributed by atoms with Crippen LogP contribution in [0.3, 0.4) is 0 Å². The lowest BCUT2D eigenvalue weighted by atomic mass is 9.44. The average Bonchev–Trinajstić information content (AvgIpc) is 3.41. The predicted octanol–water partition coefficient (Wildman–Crippen LogP) is 5.38. The molecule has 0 unspecified atom stereocenters. The molecule has 2 N–H and O–H groups in total. The quantitative estimate of drug-likeness (QED) is 0.555. The van der Waals surface area contributed by atoms with Crippen LogP contribution in [0.4, 0.5) is 0 Å². The minimum Gasteiger partial charge on any atom is -0.494 e. The molecule has 8 atom stereocenters. The van der Waals surface area contributed by atoms with Crippen molar-refractivity contribution in [2.24, 2.45) is 34.5 Å². The van der Waals surface area contributed by atoms with Crippen LogP contribution >= 0.6 is 0 Å². The van der Waals surface area contributed by atoms with Gasteiger partial charge in [-0.05, 0) is 104 Å². The Morgan fingerprint density at radius 1 is 1.21 bits per heavy atom. The van der Waals surface area contributed by atoms with Crippen molar-refractivity contribution < 1.29 is 19.7 Å². The molecule has 0 spiro atoms. The summed E-state index contributed by atoms with van der Waals surface area (Å²) in [4.78, 5) is 13.0. The van der Waals surface area contributed by atoms with Gasteiger partial charge in [0.05, 0.1) is 24.1 Å². The van der Waals surface area contributed by atoms with E-state index in [0.29, 0.717) is 31.8 Å². The number of aliphatic hydroxyl groups excluding tert-OH is 1. The highest BCUT2D eigenvalue weighted by Crippen LogP contribution is 2.68. The molecule has 6 heteroatoms. The summed E-state index contributed by atoms with van der Waals surface area (Å²) in [5.41, 5.74) is 2.55. The Morgan fingerprint density at radius 2 is 1.95 bits per heavy atom. The zero-order valence-corrected chi connectivity index (χ0v) is 23.4. The molecule has 0 amide bonds. The van der Waals surface area contributed by atoms with E-state index in [1.54, 1.807) is 0 Å². The first-order valence-corrected chi connectivity index (χ1v) is 14.5. The number of hydrogen-bond acceptors (Lipinski definition) is 5. The number of carbonyl (C=O) groups is 1. The van der Waals surface area contributed by atoms with Crippen molar-refractivity contribution in [1.29, 1.82) is 0 Å². The zero-order chi connectivity index (χ0) is 27.0. The fourth-order valence-corrected chi connectivity index (χ4v) is 9.37. The molecule has 1 heterocycles. The van der Waals surface area contributed by atoms with Crippen molar-refractivity contribution in [3.8, 4) is 11.4 Å². The standard InChI is InChI=1S/C32H42N2O4/c1-6-28(36)32(37)13-12-24-23-14-19(3)25-15-26-20(16-30(25,4)29(23)27(35)17-31(24,32)5)18-34(33-26)21-8-10-22(11-9-21)38-7-2/h8-11,15,18-19,23-24,27,29,35,37H,6-7,12-14,16-17H2,1-5H3/t19-,23-,24-,27-,29+,30-,31-,32-/m0/s1. The van der Waals surface area contributed by atoms with Crippen molar-refractivity contribution in [2.75, 3.05) is 6.61 Å². The minimum atomic E-state index is -1.32. The number of hydrogen-bond donors (Lipinski definition) is 2. The van der Waals surface area contributed by atoms with E-state index in [4.69, 9.17) is 9.84 Å². The molecule has 6 nitrogen and oxygen atoms in total. The highest BCUT2D eigenvalue weighted by atomic mass is 16.5. The molecule has 0 aliphatic heterocycles. The van der Waals surface area contributed by atoms with Crippen LogP contribution in [-0.2, 0) is 11.2 Å². The Balaban J connectivity index is 1.34. The van der Waals surface area contributed by atoms with Gasteiger partial charge in [-0.1, -0.05) is 33.3 Å². The van der Waals surface area contributed by atoms with Gasteiger partial charge in [0.15, 0.2) is 5.78 Å². The van der Waals surface area contributed by atoms with Crippen molar-refractivity contribution in [1.82, 2.24) is 9.78 Å². The summed E-state index contributed by atoms with van der Waals surface area (Å²) < 4.78 is 7.56. The summed E-state index contributed by atoms with van der Waals surface area (Å²) >= 11 is 0. The summed E-state index contributed by atoms with van der Waals surface area (Å²) in [6.45, 7) is 11.2. The molecule has 4 aliphatic rings. The van der Waals surface area contributed by atoms with E-state index in [9.17, 15) is 15.0 Å². The second-order valence-electron chi connectivity index (χ2n) is 12.9. The molecule has 3 saturated carbocycles. The number of aromatic nitrogens is 2. The molecule has 0 radical (unpaired) electrons. The Hall–Kier alpha value is -2.44. The lowest BCUT2D eigenvalue weighted by Crippen LogP contribution is -2.62. The van der Waals surface area contributed by atoms with E-state index >= 15 is 0 Å². The van der Waals surface area contributed by atoms with Gasteiger partial charge in [-0.15, -0.1) is 0 Å². The molecule has 0 saturated heterocycles. The van der Waals surface area contributed by atoms with Gasteiger partial charge in [-0.3, -0.25) is 4.79 Å². The normalized spacial score (nSPS) is 39.4. The number of carbonyl (C=O) groups excluding carboxylic acids is 1. The Labute approximate surface area is 226 Å². The number of Topliss-reactive ketones (excluding diaryl/α,β-unsaturated/α-hetero) is 1. The highest BCUT2D eigenvalue weighted by Gasteiger charge is 2.68. The number of allylic oxidation sites excluding steroid dienone is 1. The Morgan fingerprint density at radius 3 is 2.63 bits per heavy atom. The van der Waals surface area contributed by atoms with Crippen LogP contribution in [0, 0.1) is 34.5 Å². The third-order valence-corrected chi connectivity index (χ3v) is 11.0. The number of fused-ring (bicyclic) bond motifs is 6. The van der Waals surface area contributed by atoms with Gasteiger partial charge in [-0.25, -0.2) is 4.68 Å². The van der Waals surface area contributed by atoms with Crippen molar-refractivity contribution in [3.05, 3.63) is 47.3 Å². The van der Waals surface area contributed by atoms with E-state index in [1.807, 2.05) is 42.8 Å². The monoisotopic (exact) mass is 518 g/mol. The van der Waals surface area contributed by atoms with Crippen LogP contribution < -0.4 is 4.74 Å². The second kappa shape index (κ2) is 8.79. The fourth-order valence-electron chi connectivity index (χ4n) is 9.37. The van der Waals surface area contributed by atoms with Crippen LogP contribution in [-0.4, -0.2) is 44.1 Å². The smallest absolute Gasteiger partial charge is 0.164 e. The van der Waals surface area contributed by atoms with E-state index in [2.05, 4.69) is 33.0 Å². The van der Waals surface area contributed by atoms with Crippen molar-refractivity contribution in [3.63, 3.8) is 0 Å². The lowest BCUT2D eigenvalue weighted by Gasteiger charge is -2.61. The van der Waals surface area contributed by atoms with E-state index < -0.39 is 17.1 Å².